The minimum Gasteiger partial charge on any atom is -0.465 e. The van der Waals surface area contributed by atoms with E-state index in [0.29, 0.717) is 17.1 Å². The minimum atomic E-state index is -3.58. The number of piperidine rings is 1. The lowest BCUT2D eigenvalue weighted by atomic mass is 10.1. The first-order valence-electron chi connectivity index (χ1n) is 8.93. The van der Waals surface area contributed by atoms with Gasteiger partial charge in [0.05, 0.1) is 17.6 Å². The Bertz CT molecular complexity index is 966. The second kappa shape index (κ2) is 8.42. The van der Waals surface area contributed by atoms with Crippen molar-refractivity contribution in [2.45, 2.75) is 37.1 Å². The van der Waals surface area contributed by atoms with Crippen molar-refractivity contribution in [2.24, 2.45) is 0 Å². The van der Waals surface area contributed by atoms with Crippen LogP contribution in [-0.2, 0) is 14.8 Å². The maximum absolute atomic E-state index is 12.9. The quantitative estimate of drug-likeness (QED) is 0.746. The van der Waals surface area contributed by atoms with Gasteiger partial charge < -0.3 is 10.1 Å². The Morgan fingerprint density at radius 2 is 1.89 bits per heavy atom. The number of benzene rings is 1. The van der Waals surface area contributed by atoms with Crippen LogP contribution in [0.4, 0.5) is 5.00 Å². The lowest BCUT2D eigenvalue weighted by Crippen LogP contribution is -2.41. The molecule has 9 heteroatoms. The Labute approximate surface area is 168 Å². The van der Waals surface area contributed by atoms with Crippen LogP contribution in [0.3, 0.4) is 0 Å². The zero-order valence-electron chi connectivity index (χ0n) is 15.7. The molecule has 1 unspecified atom stereocenters. The average Bonchev–Trinajstić information content (AvgIpc) is 3.15. The number of nitrogens with one attached hydrogen (secondary N) is 1. The number of carbonyl (C=O) groups is 2. The Kier molecular flexibility index (Phi) is 6.17. The van der Waals surface area contributed by atoms with E-state index in [9.17, 15) is 18.0 Å². The van der Waals surface area contributed by atoms with Crippen molar-refractivity contribution in [3.05, 3.63) is 46.8 Å². The topological polar surface area (TPSA) is 92.8 Å². The van der Waals surface area contributed by atoms with E-state index in [1.165, 1.54) is 47.0 Å². The maximum Gasteiger partial charge on any atom is 0.340 e. The third-order valence-electron chi connectivity index (χ3n) is 4.76. The van der Waals surface area contributed by atoms with E-state index < -0.39 is 21.9 Å². The van der Waals surface area contributed by atoms with E-state index in [2.05, 4.69) is 10.1 Å². The summed E-state index contributed by atoms with van der Waals surface area (Å²) in [5.41, 5.74) is 0.578. The smallest absolute Gasteiger partial charge is 0.340 e. The van der Waals surface area contributed by atoms with Crippen molar-refractivity contribution in [1.29, 1.82) is 0 Å². The predicted octanol–water partition coefficient (Wildman–Crippen LogP) is 3.35. The van der Waals surface area contributed by atoms with E-state index >= 15 is 0 Å². The van der Waals surface area contributed by atoms with Gasteiger partial charge in [-0.2, -0.15) is 4.31 Å². The van der Waals surface area contributed by atoms with Gasteiger partial charge >= 0.3 is 5.97 Å². The highest BCUT2D eigenvalue weighted by Crippen LogP contribution is 2.27. The summed E-state index contributed by atoms with van der Waals surface area (Å²) in [5, 5.41) is 4.73. The number of rotatable bonds is 5. The minimum absolute atomic E-state index is 0.0303. The average molecular weight is 423 g/mol. The van der Waals surface area contributed by atoms with E-state index in [4.69, 9.17) is 0 Å². The van der Waals surface area contributed by atoms with Crippen LogP contribution < -0.4 is 5.32 Å². The molecule has 7 nitrogen and oxygen atoms in total. The third-order valence-corrected chi connectivity index (χ3v) is 7.62. The molecule has 28 heavy (non-hydrogen) atoms. The molecule has 2 heterocycles. The zero-order valence-corrected chi connectivity index (χ0v) is 17.3. The normalized spacial score (nSPS) is 17.9. The predicted molar refractivity (Wildman–Crippen MR) is 107 cm³/mol. The molecule has 1 fully saturated rings. The largest absolute Gasteiger partial charge is 0.465 e. The molecule has 0 aliphatic carbocycles. The molecule has 0 spiro atoms. The highest BCUT2D eigenvalue weighted by atomic mass is 32.2. The molecule has 1 amide bonds. The Balaban J connectivity index is 1.76. The number of methoxy groups -OCH3 is 1. The van der Waals surface area contributed by atoms with Gasteiger partial charge in [0.2, 0.25) is 10.0 Å². The molecular weight excluding hydrogens is 400 g/mol. The number of hydrogen-bond acceptors (Lipinski definition) is 6. The fraction of sp³-hybridized carbons (Fsp3) is 0.368. The molecule has 2 aromatic rings. The van der Waals surface area contributed by atoms with Crippen LogP contribution >= 0.6 is 11.3 Å². The third kappa shape index (κ3) is 4.11. The van der Waals surface area contributed by atoms with Crippen molar-refractivity contribution < 1.29 is 22.7 Å². The van der Waals surface area contributed by atoms with E-state index in [0.717, 1.165) is 19.3 Å². The molecule has 1 aliphatic heterocycles. The highest BCUT2D eigenvalue weighted by Gasteiger charge is 2.31. The molecule has 1 aliphatic rings. The van der Waals surface area contributed by atoms with Crippen LogP contribution in [0.1, 0.15) is 46.9 Å². The highest BCUT2D eigenvalue weighted by molar-refractivity contribution is 7.89. The van der Waals surface area contributed by atoms with Gasteiger partial charge in [0.1, 0.15) is 5.00 Å². The Morgan fingerprint density at radius 3 is 2.54 bits per heavy atom. The Morgan fingerprint density at radius 1 is 1.18 bits per heavy atom. The zero-order chi connectivity index (χ0) is 20.3. The van der Waals surface area contributed by atoms with Gasteiger partial charge in [-0.1, -0.05) is 6.42 Å². The first-order chi connectivity index (χ1) is 13.3. The number of sulfonamides is 1. The van der Waals surface area contributed by atoms with E-state index in [1.807, 2.05) is 6.92 Å². The number of nitrogens with zero attached hydrogens (tertiary/aromatic N) is 1. The molecular formula is C19H22N2O5S2. The number of amides is 1. The van der Waals surface area contributed by atoms with Crippen molar-refractivity contribution >= 4 is 38.2 Å². The van der Waals surface area contributed by atoms with Gasteiger partial charge in [-0.25, -0.2) is 13.2 Å². The molecule has 3 rings (SSSR count). The summed E-state index contributed by atoms with van der Waals surface area (Å²) in [6.07, 6.45) is 2.74. The van der Waals surface area contributed by atoms with Crippen molar-refractivity contribution in [3.8, 4) is 0 Å². The molecule has 1 aromatic heterocycles. The lowest BCUT2D eigenvalue weighted by molar-refractivity contribution is 0.0602. The first-order valence-corrected chi connectivity index (χ1v) is 11.3. The van der Waals surface area contributed by atoms with E-state index in [1.54, 1.807) is 11.4 Å². The van der Waals surface area contributed by atoms with Crippen molar-refractivity contribution in [1.82, 2.24) is 4.31 Å². The molecule has 1 aromatic carbocycles. The molecule has 1 atom stereocenters. The summed E-state index contributed by atoms with van der Waals surface area (Å²) in [6.45, 7) is 2.43. The maximum atomic E-state index is 12.9. The van der Waals surface area contributed by atoms with Gasteiger partial charge in [0.15, 0.2) is 0 Å². The summed E-state index contributed by atoms with van der Waals surface area (Å²) in [4.78, 5) is 24.4. The van der Waals surface area contributed by atoms with Crippen molar-refractivity contribution in [2.75, 3.05) is 19.0 Å². The number of thiophene rings is 1. The number of esters is 1. The van der Waals surface area contributed by atoms with Crippen LogP contribution in [0.15, 0.2) is 40.6 Å². The monoisotopic (exact) mass is 422 g/mol. The second-order valence-corrected chi connectivity index (χ2v) is 9.40. The fourth-order valence-corrected chi connectivity index (χ4v) is 5.66. The summed E-state index contributed by atoms with van der Waals surface area (Å²) in [6, 6.07) is 7.38. The molecule has 1 N–H and O–H groups in total. The van der Waals surface area contributed by atoms with Crippen molar-refractivity contribution in [3.63, 3.8) is 0 Å². The van der Waals surface area contributed by atoms with Gasteiger partial charge in [-0.15, -0.1) is 11.3 Å². The molecule has 0 bridgehead atoms. The lowest BCUT2D eigenvalue weighted by Gasteiger charge is -2.32. The van der Waals surface area contributed by atoms with Crippen LogP contribution in [0.5, 0.6) is 0 Å². The van der Waals surface area contributed by atoms with Crippen LogP contribution in [0, 0.1) is 0 Å². The van der Waals surface area contributed by atoms with Crippen LogP contribution in [-0.4, -0.2) is 44.3 Å². The van der Waals surface area contributed by atoms with Gasteiger partial charge in [0, 0.05) is 18.2 Å². The standard InChI is InChI=1S/C19H22N2O5S2/c1-13-5-3-4-11-21(13)28(24,25)15-8-6-14(7-9-15)17(22)20-18-16(10-12-27-18)19(23)26-2/h6-10,12-13H,3-5,11H2,1-2H3,(H,20,22). The van der Waals surface area contributed by atoms with Crippen LogP contribution in [0.2, 0.25) is 0 Å². The summed E-state index contributed by atoms with van der Waals surface area (Å²) in [5.74, 6) is -0.962. The molecule has 0 saturated carbocycles. The van der Waals surface area contributed by atoms with Gasteiger partial charge in [0.25, 0.3) is 5.91 Å². The Hall–Kier alpha value is -2.23. The van der Waals surface area contributed by atoms with Gasteiger partial charge in [-0.3, -0.25) is 4.79 Å². The number of ether oxygens (including phenoxy) is 1. The number of carbonyl (C=O) groups excluding carboxylic acids is 2. The molecule has 1 saturated heterocycles. The number of anilines is 1. The molecule has 0 radical (unpaired) electrons. The fourth-order valence-electron chi connectivity index (χ4n) is 3.19. The van der Waals surface area contributed by atoms with Gasteiger partial charge in [-0.05, 0) is 55.5 Å². The van der Waals surface area contributed by atoms with E-state index in [-0.39, 0.29) is 16.5 Å². The second-order valence-electron chi connectivity index (χ2n) is 6.59. The summed E-state index contributed by atoms with van der Waals surface area (Å²) in [7, 11) is -2.31. The summed E-state index contributed by atoms with van der Waals surface area (Å²) < 4.78 is 31.9. The number of hydrogen-bond donors (Lipinski definition) is 1. The molecule has 150 valence electrons. The summed E-state index contributed by atoms with van der Waals surface area (Å²) >= 11 is 1.21. The van der Waals surface area contributed by atoms with Crippen LogP contribution in [0.25, 0.3) is 0 Å². The first kappa shape index (κ1) is 20.5. The SMILES string of the molecule is COC(=O)c1ccsc1NC(=O)c1ccc(S(=O)(=O)N2CCCCC2C)cc1.